The van der Waals surface area contributed by atoms with E-state index >= 15 is 0 Å². The molecule has 0 saturated carbocycles. The van der Waals surface area contributed by atoms with Crippen molar-refractivity contribution in [2.45, 2.75) is 31.3 Å². The monoisotopic (exact) mass is 320 g/mol. The molecule has 1 fully saturated rings. The molecular weight excluding hydrogens is 296 g/mol. The van der Waals surface area contributed by atoms with Crippen molar-refractivity contribution in [1.82, 2.24) is 14.7 Å². The quantitative estimate of drug-likeness (QED) is 0.781. The first-order chi connectivity index (χ1) is 11.0. The van der Waals surface area contributed by atoms with Gasteiger partial charge in [0, 0.05) is 45.9 Å². The van der Waals surface area contributed by atoms with E-state index in [1.165, 1.54) is 0 Å². The minimum Gasteiger partial charge on any atom is -0.376 e. The lowest BCUT2D eigenvalue weighted by Crippen LogP contribution is -2.51. The van der Waals surface area contributed by atoms with Crippen LogP contribution in [0.2, 0.25) is 0 Å². The van der Waals surface area contributed by atoms with Gasteiger partial charge in [0.1, 0.15) is 0 Å². The molecule has 1 aromatic rings. The van der Waals surface area contributed by atoms with Gasteiger partial charge in [-0.15, -0.1) is 0 Å². The fourth-order valence-corrected chi connectivity index (χ4v) is 2.92. The first kappa shape index (κ1) is 17.2. The number of aryl methyl sites for hydroxylation is 1. The number of hydrogen-bond donors (Lipinski definition) is 1. The maximum absolute atomic E-state index is 12.4. The molecule has 23 heavy (non-hydrogen) atoms. The number of aromatic nitrogens is 2. The second-order valence-corrected chi connectivity index (χ2v) is 5.93. The van der Waals surface area contributed by atoms with E-state index in [-0.39, 0.29) is 18.2 Å². The molecule has 0 unspecified atom stereocenters. The summed E-state index contributed by atoms with van der Waals surface area (Å²) in [4.78, 5) is 25.2. The van der Waals surface area contributed by atoms with Crippen molar-refractivity contribution in [1.29, 1.82) is 0 Å². The van der Waals surface area contributed by atoms with Crippen molar-refractivity contribution in [3.05, 3.63) is 24.0 Å². The van der Waals surface area contributed by atoms with Crippen molar-refractivity contribution in [3.63, 3.8) is 0 Å². The summed E-state index contributed by atoms with van der Waals surface area (Å²) < 4.78 is 7.34. The molecule has 0 spiro atoms. The average Bonchev–Trinajstić information content (AvgIpc) is 2.96. The van der Waals surface area contributed by atoms with Crippen molar-refractivity contribution < 1.29 is 14.3 Å². The van der Waals surface area contributed by atoms with Gasteiger partial charge >= 0.3 is 0 Å². The largest absolute Gasteiger partial charge is 0.376 e. The minimum atomic E-state index is -0.483. The van der Waals surface area contributed by atoms with E-state index < -0.39 is 5.60 Å². The molecule has 7 heteroatoms. The van der Waals surface area contributed by atoms with Crippen LogP contribution in [0, 0.1) is 0 Å². The number of carbonyl (C=O) groups is 2. The second-order valence-electron chi connectivity index (χ2n) is 5.93. The van der Waals surface area contributed by atoms with Crippen molar-refractivity contribution in [2.24, 2.45) is 12.8 Å². The van der Waals surface area contributed by atoms with Gasteiger partial charge in [0.2, 0.25) is 11.8 Å². The van der Waals surface area contributed by atoms with Crippen LogP contribution in [0.15, 0.2) is 18.3 Å². The van der Waals surface area contributed by atoms with Gasteiger partial charge in [0.25, 0.3) is 0 Å². The molecule has 1 atom stereocenters. The predicted molar refractivity (Wildman–Crippen MR) is 86.2 cm³/mol. The molecule has 126 valence electrons. The summed E-state index contributed by atoms with van der Waals surface area (Å²) in [5, 5.41) is 4.06. The highest BCUT2D eigenvalue weighted by Crippen LogP contribution is 2.29. The molecule has 1 aliphatic heterocycles. The lowest BCUT2D eigenvalue weighted by Gasteiger charge is -2.41. The molecule has 2 N–H and O–H groups in total. The highest BCUT2D eigenvalue weighted by Gasteiger charge is 2.36. The van der Waals surface area contributed by atoms with Gasteiger partial charge in [-0.3, -0.25) is 14.3 Å². The summed E-state index contributed by atoms with van der Waals surface area (Å²) in [6.45, 7) is 1.17. The van der Waals surface area contributed by atoms with E-state index in [1.807, 2.05) is 13.1 Å². The molecule has 0 aromatic carbocycles. The van der Waals surface area contributed by atoms with E-state index in [1.54, 1.807) is 35.0 Å². The standard InChI is InChI=1S/C16H24N4O3/c1-19-13(7-10-18-19)4-5-15(22)20-11-3-8-16(12-20,23-2)9-6-14(17)21/h4-5,7,10H,3,6,8-9,11-12H2,1-2H3,(H2,17,21)/b5-4+/t16-/m1/s1. The number of piperidine rings is 1. The predicted octanol–water partition coefficient (Wildman–Crippen LogP) is 0.706. The smallest absolute Gasteiger partial charge is 0.246 e. The van der Waals surface area contributed by atoms with Crippen LogP contribution < -0.4 is 5.73 Å². The Bertz CT molecular complexity index is 596. The Hall–Kier alpha value is -2.15. The van der Waals surface area contributed by atoms with E-state index in [0.29, 0.717) is 19.5 Å². The third-order valence-corrected chi connectivity index (χ3v) is 4.37. The minimum absolute atomic E-state index is 0.0635. The van der Waals surface area contributed by atoms with Gasteiger partial charge in [0.05, 0.1) is 11.3 Å². The number of likely N-dealkylation sites (tertiary alicyclic amines) is 1. The first-order valence-electron chi connectivity index (χ1n) is 7.74. The molecule has 1 saturated heterocycles. The van der Waals surface area contributed by atoms with Crippen LogP contribution in [-0.2, 0) is 21.4 Å². The van der Waals surface area contributed by atoms with Gasteiger partial charge in [-0.1, -0.05) is 0 Å². The Labute approximate surface area is 136 Å². The van der Waals surface area contributed by atoms with Gasteiger partial charge in [-0.2, -0.15) is 5.10 Å². The van der Waals surface area contributed by atoms with Crippen molar-refractivity contribution in [3.8, 4) is 0 Å². The van der Waals surface area contributed by atoms with Crippen LogP contribution in [0.4, 0.5) is 0 Å². The van der Waals surface area contributed by atoms with Crippen LogP contribution in [0.1, 0.15) is 31.4 Å². The molecule has 2 rings (SSSR count). The summed E-state index contributed by atoms with van der Waals surface area (Å²) in [5.74, 6) is -0.410. The highest BCUT2D eigenvalue weighted by molar-refractivity contribution is 5.91. The number of nitrogens with zero attached hydrogens (tertiary/aromatic N) is 3. The number of carbonyl (C=O) groups excluding carboxylic acids is 2. The number of nitrogens with two attached hydrogens (primary N) is 1. The first-order valence-corrected chi connectivity index (χ1v) is 7.74. The van der Waals surface area contributed by atoms with Crippen molar-refractivity contribution >= 4 is 17.9 Å². The Morgan fingerprint density at radius 3 is 2.91 bits per heavy atom. The third-order valence-electron chi connectivity index (χ3n) is 4.37. The summed E-state index contributed by atoms with van der Waals surface area (Å²) in [6, 6.07) is 1.84. The van der Waals surface area contributed by atoms with Crippen LogP contribution >= 0.6 is 0 Å². The van der Waals surface area contributed by atoms with E-state index in [0.717, 1.165) is 18.5 Å². The topological polar surface area (TPSA) is 90.4 Å². The number of ether oxygens (including phenoxy) is 1. The summed E-state index contributed by atoms with van der Waals surface area (Å²) in [6.07, 6.45) is 7.46. The molecule has 0 bridgehead atoms. The lowest BCUT2D eigenvalue weighted by atomic mass is 9.87. The van der Waals surface area contributed by atoms with E-state index in [9.17, 15) is 9.59 Å². The summed E-state index contributed by atoms with van der Waals surface area (Å²) in [7, 11) is 3.45. The van der Waals surface area contributed by atoms with Gasteiger partial charge in [-0.05, 0) is 31.4 Å². The Morgan fingerprint density at radius 1 is 1.52 bits per heavy atom. The third kappa shape index (κ3) is 4.41. The van der Waals surface area contributed by atoms with E-state index in [4.69, 9.17) is 10.5 Å². The molecule has 2 heterocycles. The van der Waals surface area contributed by atoms with Crippen LogP contribution in [-0.4, -0.2) is 52.3 Å². The Kier molecular flexibility index (Phi) is 5.54. The molecular formula is C16H24N4O3. The number of rotatable bonds is 6. The fourth-order valence-electron chi connectivity index (χ4n) is 2.92. The zero-order chi connectivity index (χ0) is 16.9. The summed E-state index contributed by atoms with van der Waals surface area (Å²) in [5.41, 5.74) is 5.62. The lowest BCUT2D eigenvalue weighted by molar-refractivity contribution is -0.136. The number of hydrogen-bond acceptors (Lipinski definition) is 4. The number of methoxy groups -OCH3 is 1. The molecule has 0 aliphatic carbocycles. The Balaban J connectivity index is 2.01. The van der Waals surface area contributed by atoms with Gasteiger partial charge in [-0.25, -0.2) is 0 Å². The number of amides is 2. The maximum atomic E-state index is 12.4. The average molecular weight is 320 g/mol. The maximum Gasteiger partial charge on any atom is 0.246 e. The van der Waals surface area contributed by atoms with Gasteiger partial charge in [0.15, 0.2) is 0 Å². The molecule has 0 radical (unpaired) electrons. The van der Waals surface area contributed by atoms with Crippen LogP contribution in [0.5, 0.6) is 0 Å². The normalized spacial score (nSPS) is 21.7. The van der Waals surface area contributed by atoms with Crippen molar-refractivity contribution in [2.75, 3.05) is 20.2 Å². The van der Waals surface area contributed by atoms with Crippen LogP contribution in [0.3, 0.4) is 0 Å². The summed E-state index contributed by atoms with van der Waals surface area (Å²) >= 11 is 0. The second kappa shape index (κ2) is 7.41. The number of primary amides is 1. The van der Waals surface area contributed by atoms with E-state index in [2.05, 4.69) is 5.10 Å². The zero-order valence-electron chi connectivity index (χ0n) is 13.7. The fraction of sp³-hybridized carbons (Fsp3) is 0.562. The highest BCUT2D eigenvalue weighted by atomic mass is 16.5. The SMILES string of the molecule is CO[C@@]1(CCC(N)=O)CCCN(C(=O)/C=C/c2ccnn2C)C1. The zero-order valence-corrected chi connectivity index (χ0v) is 13.7. The van der Waals surface area contributed by atoms with Crippen LogP contribution in [0.25, 0.3) is 6.08 Å². The molecule has 2 amide bonds. The Morgan fingerprint density at radius 2 is 2.30 bits per heavy atom. The molecule has 7 nitrogen and oxygen atoms in total. The van der Waals surface area contributed by atoms with Gasteiger partial charge < -0.3 is 15.4 Å². The molecule has 1 aromatic heterocycles. The molecule has 1 aliphatic rings.